The molecule has 2 aromatic carbocycles. The fourth-order valence-corrected chi connectivity index (χ4v) is 3.42. The summed E-state index contributed by atoms with van der Waals surface area (Å²) in [6.45, 7) is 4.81. The number of aryl methyl sites for hydroxylation is 1. The van der Waals surface area contributed by atoms with E-state index >= 15 is 0 Å². The van der Waals surface area contributed by atoms with Crippen LogP contribution >= 0.6 is 0 Å². The molecule has 2 rings (SSSR count). The van der Waals surface area contributed by atoms with Gasteiger partial charge in [-0.3, -0.25) is 0 Å². The molecule has 5 heteroatoms. The highest BCUT2D eigenvalue weighted by Crippen LogP contribution is 2.30. The Bertz CT molecular complexity index is 953. The Morgan fingerprint density at radius 2 is 1.38 bits per heavy atom. The van der Waals surface area contributed by atoms with Crippen molar-refractivity contribution in [2.75, 3.05) is 6.61 Å². The standard InChI is InChI=1S/C27H32N2O3/c1-3-5-7-8-10-18-31-25-16-17-26(24(20-29)23(25)19-28)32-27(30)22-14-12-21(13-15-22)11-9-6-4-2/h12-17H,3-11,18H2,1-2H3. The van der Waals surface area contributed by atoms with Gasteiger partial charge in [-0.1, -0.05) is 64.5 Å². The van der Waals surface area contributed by atoms with E-state index in [0.717, 1.165) is 32.1 Å². The summed E-state index contributed by atoms with van der Waals surface area (Å²) in [6, 6.07) is 14.4. The lowest BCUT2D eigenvalue weighted by Gasteiger charge is -2.12. The molecule has 5 nitrogen and oxygen atoms in total. The second kappa shape index (κ2) is 13.9. The van der Waals surface area contributed by atoms with Gasteiger partial charge in [0.05, 0.1) is 12.2 Å². The molecule has 0 bridgehead atoms. The van der Waals surface area contributed by atoms with Gasteiger partial charge in [0.15, 0.2) is 5.75 Å². The van der Waals surface area contributed by atoms with Crippen LogP contribution in [0.5, 0.6) is 11.5 Å². The van der Waals surface area contributed by atoms with E-state index in [1.54, 1.807) is 18.2 Å². The molecule has 0 saturated heterocycles. The van der Waals surface area contributed by atoms with Crippen LogP contribution in [-0.2, 0) is 6.42 Å². The molecule has 0 fully saturated rings. The average molecular weight is 433 g/mol. The fraction of sp³-hybridized carbons (Fsp3) is 0.444. The molecule has 0 saturated carbocycles. The van der Waals surface area contributed by atoms with Gasteiger partial charge in [-0.25, -0.2) is 4.79 Å². The lowest BCUT2D eigenvalue weighted by atomic mass is 10.1. The number of nitrogens with zero attached hydrogens (tertiary/aromatic N) is 2. The average Bonchev–Trinajstić information content (AvgIpc) is 2.82. The van der Waals surface area contributed by atoms with E-state index < -0.39 is 5.97 Å². The van der Waals surface area contributed by atoms with Crippen LogP contribution < -0.4 is 9.47 Å². The van der Waals surface area contributed by atoms with Gasteiger partial charge in [0.2, 0.25) is 0 Å². The van der Waals surface area contributed by atoms with Gasteiger partial charge in [-0.2, -0.15) is 10.5 Å². The minimum atomic E-state index is -0.560. The minimum Gasteiger partial charge on any atom is -0.492 e. The first kappa shape index (κ1) is 25.0. The molecular weight excluding hydrogens is 400 g/mol. The zero-order chi connectivity index (χ0) is 23.2. The van der Waals surface area contributed by atoms with E-state index in [1.165, 1.54) is 37.3 Å². The van der Waals surface area contributed by atoms with Crippen molar-refractivity contribution in [1.29, 1.82) is 10.5 Å². The number of hydrogen-bond donors (Lipinski definition) is 0. The van der Waals surface area contributed by atoms with Crippen molar-refractivity contribution in [2.24, 2.45) is 0 Å². The highest BCUT2D eigenvalue weighted by atomic mass is 16.5. The summed E-state index contributed by atoms with van der Waals surface area (Å²) < 4.78 is 11.2. The highest BCUT2D eigenvalue weighted by molar-refractivity contribution is 5.91. The topological polar surface area (TPSA) is 83.1 Å². The van der Waals surface area contributed by atoms with Crippen LogP contribution in [0.25, 0.3) is 0 Å². The van der Waals surface area contributed by atoms with Crippen molar-refractivity contribution in [3.63, 3.8) is 0 Å². The van der Waals surface area contributed by atoms with Crippen molar-refractivity contribution < 1.29 is 14.3 Å². The molecule has 0 aromatic heterocycles. The monoisotopic (exact) mass is 432 g/mol. The number of benzene rings is 2. The SMILES string of the molecule is CCCCCCCOc1ccc(OC(=O)c2ccc(CCCCC)cc2)c(C#N)c1C#N. The fourth-order valence-electron chi connectivity index (χ4n) is 3.42. The van der Waals surface area contributed by atoms with Gasteiger partial charge in [0.1, 0.15) is 29.0 Å². The maximum absolute atomic E-state index is 12.6. The van der Waals surface area contributed by atoms with Gasteiger partial charge in [0, 0.05) is 0 Å². The summed E-state index contributed by atoms with van der Waals surface area (Å²) in [5.74, 6) is -0.151. The van der Waals surface area contributed by atoms with Gasteiger partial charge >= 0.3 is 5.97 Å². The molecule has 0 aliphatic carbocycles. The molecule has 0 N–H and O–H groups in total. The first-order chi connectivity index (χ1) is 15.6. The summed E-state index contributed by atoms with van der Waals surface area (Å²) in [6.07, 6.45) is 9.93. The van der Waals surface area contributed by atoms with E-state index in [4.69, 9.17) is 9.47 Å². The largest absolute Gasteiger partial charge is 0.492 e. The molecule has 0 unspecified atom stereocenters. The summed E-state index contributed by atoms with van der Waals surface area (Å²) in [5, 5.41) is 19.2. The molecule has 168 valence electrons. The molecule has 0 aliphatic heterocycles. The first-order valence-electron chi connectivity index (χ1n) is 11.6. The van der Waals surface area contributed by atoms with Crippen molar-refractivity contribution in [3.05, 3.63) is 58.7 Å². The lowest BCUT2D eigenvalue weighted by molar-refractivity contribution is 0.0734. The van der Waals surface area contributed by atoms with Gasteiger partial charge in [-0.05, 0) is 49.1 Å². The van der Waals surface area contributed by atoms with Crippen LogP contribution in [0, 0.1) is 22.7 Å². The van der Waals surface area contributed by atoms with E-state index in [9.17, 15) is 15.3 Å². The van der Waals surface area contributed by atoms with Crippen molar-refractivity contribution in [1.82, 2.24) is 0 Å². The smallest absolute Gasteiger partial charge is 0.343 e. The van der Waals surface area contributed by atoms with Crippen LogP contribution in [0.3, 0.4) is 0 Å². The Labute approximate surface area is 191 Å². The number of nitriles is 2. The summed E-state index contributed by atoms with van der Waals surface area (Å²) >= 11 is 0. The maximum Gasteiger partial charge on any atom is 0.343 e. The Kier molecular flexibility index (Phi) is 10.8. The number of carbonyl (C=O) groups excluding carboxylic acids is 1. The Morgan fingerprint density at radius 3 is 2.03 bits per heavy atom. The van der Waals surface area contributed by atoms with Gasteiger partial charge in [-0.15, -0.1) is 0 Å². The van der Waals surface area contributed by atoms with E-state index in [0.29, 0.717) is 17.9 Å². The second-order valence-corrected chi connectivity index (χ2v) is 7.84. The van der Waals surface area contributed by atoms with Crippen molar-refractivity contribution in [3.8, 4) is 23.6 Å². The predicted octanol–water partition coefficient (Wildman–Crippen LogP) is 6.73. The van der Waals surface area contributed by atoms with Crippen LogP contribution in [0.1, 0.15) is 92.3 Å². The Hall–Kier alpha value is -3.31. The number of ether oxygens (including phenoxy) is 2. The number of carbonyl (C=O) groups is 1. The number of esters is 1. The van der Waals surface area contributed by atoms with E-state index in [-0.39, 0.29) is 16.9 Å². The first-order valence-corrected chi connectivity index (χ1v) is 11.6. The van der Waals surface area contributed by atoms with Crippen LogP contribution in [-0.4, -0.2) is 12.6 Å². The molecule has 0 spiro atoms. The third kappa shape index (κ3) is 7.43. The van der Waals surface area contributed by atoms with Crippen LogP contribution in [0.15, 0.2) is 36.4 Å². The molecular formula is C27H32N2O3. The van der Waals surface area contributed by atoms with Crippen LogP contribution in [0.2, 0.25) is 0 Å². The summed E-state index contributed by atoms with van der Waals surface area (Å²) in [7, 11) is 0. The quantitative estimate of drug-likeness (QED) is 0.199. The second-order valence-electron chi connectivity index (χ2n) is 7.84. The summed E-state index contributed by atoms with van der Waals surface area (Å²) in [5.41, 5.74) is 1.69. The molecule has 0 aliphatic rings. The Morgan fingerprint density at radius 1 is 0.781 bits per heavy atom. The zero-order valence-corrected chi connectivity index (χ0v) is 19.2. The van der Waals surface area contributed by atoms with Crippen molar-refractivity contribution in [2.45, 2.75) is 71.6 Å². The molecule has 0 radical (unpaired) electrons. The molecule has 0 heterocycles. The maximum atomic E-state index is 12.6. The van der Waals surface area contributed by atoms with Gasteiger partial charge in [0.25, 0.3) is 0 Å². The molecule has 0 atom stereocenters. The molecule has 2 aromatic rings. The third-order valence-corrected chi connectivity index (χ3v) is 5.32. The number of rotatable bonds is 13. The molecule has 0 amide bonds. The van der Waals surface area contributed by atoms with E-state index in [2.05, 4.69) is 13.8 Å². The summed E-state index contributed by atoms with van der Waals surface area (Å²) in [4.78, 5) is 12.6. The Balaban J connectivity index is 2.05. The number of hydrogen-bond acceptors (Lipinski definition) is 5. The predicted molar refractivity (Wildman–Crippen MR) is 125 cm³/mol. The third-order valence-electron chi connectivity index (χ3n) is 5.32. The lowest BCUT2D eigenvalue weighted by Crippen LogP contribution is -2.10. The van der Waals surface area contributed by atoms with Crippen molar-refractivity contribution >= 4 is 5.97 Å². The molecule has 32 heavy (non-hydrogen) atoms. The zero-order valence-electron chi connectivity index (χ0n) is 19.2. The highest BCUT2D eigenvalue weighted by Gasteiger charge is 2.18. The minimum absolute atomic E-state index is 0.0144. The van der Waals surface area contributed by atoms with Crippen LogP contribution in [0.4, 0.5) is 0 Å². The number of unbranched alkanes of at least 4 members (excludes halogenated alkanes) is 6. The normalized spacial score (nSPS) is 10.2. The van der Waals surface area contributed by atoms with Gasteiger partial charge < -0.3 is 9.47 Å². The van der Waals surface area contributed by atoms with E-state index in [1.807, 2.05) is 24.3 Å².